The number of aromatic nitrogens is 2. The summed E-state index contributed by atoms with van der Waals surface area (Å²) >= 11 is 0. The summed E-state index contributed by atoms with van der Waals surface area (Å²) in [6.07, 6.45) is 12.8. The molecule has 1 aromatic rings. The second kappa shape index (κ2) is 6.41. The Balaban J connectivity index is 2.35. The van der Waals surface area contributed by atoms with E-state index in [0.717, 1.165) is 18.4 Å². The average Bonchev–Trinajstić information content (AvgIpc) is 2.68. The molecule has 1 unspecified atom stereocenters. The maximum atomic E-state index is 5.88. The lowest BCUT2D eigenvalue weighted by atomic mass is 9.79. The molecular formula is C14H25N5. The van der Waals surface area contributed by atoms with Crippen LogP contribution in [0.25, 0.3) is 0 Å². The summed E-state index contributed by atoms with van der Waals surface area (Å²) in [6, 6.07) is 0.0711. The van der Waals surface area contributed by atoms with Gasteiger partial charge in [-0.15, -0.1) is 0 Å². The molecule has 19 heavy (non-hydrogen) atoms. The smallest absolute Gasteiger partial charge is 0.115 e. The lowest BCUT2D eigenvalue weighted by molar-refractivity contribution is 0.0797. The normalized spacial score (nSPS) is 21.1. The summed E-state index contributed by atoms with van der Waals surface area (Å²) in [4.78, 5) is 10.6. The van der Waals surface area contributed by atoms with Crippen LogP contribution < -0.4 is 11.3 Å². The van der Waals surface area contributed by atoms with E-state index in [-0.39, 0.29) is 11.6 Å². The van der Waals surface area contributed by atoms with Crippen molar-refractivity contribution in [3.05, 3.63) is 24.3 Å². The molecule has 1 heterocycles. The van der Waals surface area contributed by atoms with Gasteiger partial charge in [0.2, 0.25) is 0 Å². The van der Waals surface area contributed by atoms with Crippen LogP contribution in [-0.4, -0.2) is 34.5 Å². The maximum absolute atomic E-state index is 5.88. The third kappa shape index (κ3) is 2.94. The minimum absolute atomic E-state index is 0.0516. The third-order valence-corrected chi connectivity index (χ3v) is 4.48. The van der Waals surface area contributed by atoms with Crippen LogP contribution in [0.2, 0.25) is 0 Å². The molecule has 0 bridgehead atoms. The summed E-state index contributed by atoms with van der Waals surface area (Å²) < 4.78 is 0. The Morgan fingerprint density at radius 3 is 2.21 bits per heavy atom. The first kappa shape index (κ1) is 14.4. The van der Waals surface area contributed by atoms with E-state index in [2.05, 4.69) is 34.4 Å². The number of nitrogens with two attached hydrogens (primary N) is 1. The Morgan fingerprint density at radius 1 is 1.16 bits per heavy atom. The largest absolute Gasteiger partial charge is 0.302 e. The minimum atomic E-state index is 0.0516. The summed E-state index contributed by atoms with van der Waals surface area (Å²) in [6.45, 7) is 0. The second-order valence-electron chi connectivity index (χ2n) is 5.68. The molecule has 1 aliphatic carbocycles. The van der Waals surface area contributed by atoms with Crippen molar-refractivity contribution in [2.24, 2.45) is 5.84 Å². The van der Waals surface area contributed by atoms with Gasteiger partial charge < -0.3 is 4.90 Å². The highest BCUT2D eigenvalue weighted by Gasteiger charge is 2.41. The van der Waals surface area contributed by atoms with Crippen molar-refractivity contribution in [1.82, 2.24) is 20.3 Å². The average molecular weight is 263 g/mol. The van der Waals surface area contributed by atoms with Crippen LogP contribution in [0.1, 0.15) is 50.1 Å². The summed E-state index contributed by atoms with van der Waals surface area (Å²) in [5.41, 5.74) is 4.14. The van der Waals surface area contributed by atoms with Crippen LogP contribution >= 0.6 is 0 Å². The molecule has 0 aromatic carbocycles. The number of nitrogens with one attached hydrogen (secondary N) is 1. The monoisotopic (exact) mass is 263 g/mol. The van der Waals surface area contributed by atoms with Crippen LogP contribution in [0.5, 0.6) is 0 Å². The molecule has 0 saturated heterocycles. The van der Waals surface area contributed by atoms with Crippen molar-refractivity contribution in [3.8, 4) is 0 Å². The number of hydrogen-bond acceptors (Lipinski definition) is 5. The van der Waals surface area contributed by atoms with Gasteiger partial charge in [0.1, 0.15) is 6.33 Å². The zero-order chi connectivity index (χ0) is 13.7. The molecule has 1 fully saturated rings. The molecule has 0 spiro atoms. The Hall–Kier alpha value is -1.04. The second-order valence-corrected chi connectivity index (χ2v) is 5.68. The molecule has 0 amide bonds. The molecule has 5 heteroatoms. The van der Waals surface area contributed by atoms with Gasteiger partial charge in [-0.2, -0.15) is 0 Å². The molecule has 2 rings (SSSR count). The fraction of sp³-hybridized carbons (Fsp3) is 0.714. The lowest BCUT2D eigenvalue weighted by Gasteiger charge is -2.45. The van der Waals surface area contributed by atoms with Crippen LogP contribution in [0, 0.1) is 0 Å². The molecule has 1 atom stereocenters. The highest BCUT2D eigenvalue weighted by Crippen LogP contribution is 2.40. The molecule has 3 N–H and O–H groups in total. The predicted molar refractivity (Wildman–Crippen MR) is 76.2 cm³/mol. The van der Waals surface area contributed by atoms with Gasteiger partial charge in [0, 0.05) is 23.5 Å². The van der Waals surface area contributed by atoms with E-state index < -0.39 is 0 Å². The van der Waals surface area contributed by atoms with Gasteiger partial charge >= 0.3 is 0 Å². The standard InChI is InChI=1S/C14H25N5/c1-19(2)14(7-5-3-4-6-8-14)13(18-15)12-9-16-11-17-10-12/h9-11,13,18H,3-8,15H2,1-2H3. The number of nitrogens with zero attached hydrogens (tertiary/aromatic N) is 3. The Bertz CT molecular complexity index is 371. The number of hydrazine groups is 1. The van der Waals surface area contributed by atoms with Crippen LogP contribution in [0.3, 0.4) is 0 Å². The molecule has 5 nitrogen and oxygen atoms in total. The van der Waals surface area contributed by atoms with Gasteiger partial charge in [0.25, 0.3) is 0 Å². The third-order valence-electron chi connectivity index (χ3n) is 4.48. The Morgan fingerprint density at radius 2 is 1.74 bits per heavy atom. The van der Waals surface area contributed by atoms with Crippen molar-refractivity contribution < 1.29 is 0 Å². The van der Waals surface area contributed by atoms with Gasteiger partial charge in [0.05, 0.1) is 6.04 Å². The minimum Gasteiger partial charge on any atom is -0.302 e. The fourth-order valence-corrected chi connectivity index (χ4v) is 3.36. The molecule has 1 aliphatic rings. The zero-order valence-corrected chi connectivity index (χ0v) is 12.0. The van der Waals surface area contributed by atoms with E-state index in [1.54, 1.807) is 6.33 Å². The molecule has 0 aliphatic heterocycles. The van der Waals surface area contributed by atoms with E-state index in [1.807, 2.05) is 12.4 Å². The molecule has 0 radical (unpaired) electrons. The molecule has 1 aromatic heterocycles. The number of likely N-dealkylation sites (N-methyl/N-ethyl adjacent to an activating group) is 1. The van der Waals surface area contributed by atoms with Gasteiger partial charge in [-0.1, -0.05) is 25.7 Å². The quantitative estimate of drug-likeness (QED) is 0.491. The first-order chi connectivity index (χ1) is 9.20. The maximum Gasteiger partial charge on any atom is 0.115 e. The lowest BCUT2D eigenvalue weighted by Crippen LogP contribution is -2.55. The first-order valence-electron chi connectivity index (χ1n) is 7.09. The van der Waals surface area contributed by atoms with Crippen LogP contribution in [0.4, 0.5) is 0 Å². The summed E-state index contributed by atoms with van der Waals surface area (Å²) in [5, 5.41) is 0. The molecule has 1 saturated carbocycles. The fourth-order valence-electron chi connectivity index (χ4n) is 3.36. The summed E-state index contributed by atoms with van der Waals surface area (Å²) in [7, 11) is 4.30. The van der Waals surface area contributed by atoms with Crippen LogP contribution in [-0.2, 0) is 0 Å². The zero-order valence-electron chi connectivity index (χ0n) is 12.0. The highest BCUT2D eigenvalue weighted by atomic mass is 15.3. The molecule has 106 valence electrons. The SMILES string of the molecule is CN(C)C1(C(NN)c2cncnc2)CCCCCC1. The highest BCUT2D eigenvalue weighted by molar-refractivity contribution is 5.17. The molecular weight excluding hydrogens is 238 g/mol. The van der Waals surface area contributed by atoms with Crippen molar-refractivity contribution in [2.75, 3.05) is 14.1 Å². The van der Waals surface area contributed by atoms with Crippen molar-refractivity contribution in [2.45, 2.75) is 50.1 Å². The number of rotatable bonds is 4. The van der Waals surface area contributed by atoms with Crippen molar-refractivity contribution >= 4 is 0 Å². The van der Waals surface area contributed by atoms with Crippen LogP contribution in [0.15, 0.2) is 18.7 Å². The Labute approximate surface area is 115 Å². The van der Waals surface area contributed by atoms with Gasteiger partial charge in [-0.05, 0) is 26.9 Å². The first-order valence-corrected chi connectivity index (χ1v) is 7.09. The van der Waals surface area contributed by atoms with E-state index in [1.165, 1.54) is 25.7 Å². The van der Waals surface area contributed by atoms with Gasteiger partial charge in [0.15, 0.2) is 0 Å². The van der Waals surface area contributed by atoms with E-state index >= 15 is 0 Å². The predicted octanol–water partition coefficient (Wildman–Crippen LogP) is 1.64. The Kier molecular flexibility index (Phi) is 4.85. The van der Waals surface area contributed by atoms with E-state index in [0.29, 0.717) is 0 Å². The van der Waals surface area contributed by atoms with Gasteiger partial charge in [-0.25, -0.2) is 9.97 Å². The van der Waals surface area contributed by atoms with Crippen molar-refractivity contribution in [1.29, 1.82) is 0 Å². The van der Waals surface area contributed by atoms with Crippen molar-refractivity contribution in [3.63, 3.8) is 0 Å². The van der Waals surface area contributed by atoms with E-state index in [9.17, 15) is 0 Å². The number of hydrogen-bond donors (Lipinski definition) is 2. The van der Waals surface area contributed by atoms with E-state index in [4.69, 9.17) is 5.84 Å². The summed E-state index contributed by atoms with van der Waals surface area (Å²) in [5.74, 6) is 5.88. The van der Waals surface area contributed by atoms with Gasteiger partial charge in [-0.3, -0.25) is 11.3 Å². The topological polar surface area (TPSA) is 67.1 Å².